The molecule has 0 aromatic heterocycles. The lowest BCUT2D eigenvalue weighted by Crippen LogP contribution is -2.35. The topological polar surface area (TPSA) is 29.5 Å². The summed E-state index contributed by atoms with van der Waals surface area (Å²) in [6.07, 6.45) is -6.61. The second-order valence-electron chi connectivity index (χ2n) is 4.12. The molecule has 1 aromatic carbocycles. The maximum absolute atomic E-state index is 13.3. The summed E-state index contributed by atoms with van der Waals surface area (Å²) >= 11 is 3.13. The Hall–Kier alpha value is -0.820. The van der Waals surface area contributed by atoms with E-state index in [0.717, 1.165) is 0 Å². The molecule has 19 heavy (non-hydrogen) atoms. The highest BCUT2D eigenvalue weighted by Gasteiger charge is 2.50. The van der Waals surface area contributed by atoms with Gasteiger partial charge in [-0.05, 0) is 31.0 Å². The molecule has 1 rings (SSSR count). The number of rotatable bonds is 4. The van der Waals surface area contributed by atoms with E-state index in [-0.39, 0.29) is 16.9 Å². The second-order valence-corrected chi connectivity index (χ2v) is 4.98. The summed E-state index contributed by atoms with van der Waals surface area (Å²) in [7, 11) is 1.23. The van der Waals surface area contributed by atoms with Gasteiger partial charge in [0.2, 0.25) is 0 Å². The summed E-state index contributed by atoms with van der Waals surface area (Å²) in [5, 5.41) is 9.63. The minimum atomic E-state index is -4.55. The van der Waals surface area contributed by atoms with Crippen molar-refractivity contribution in [3.63, 3.8) is 0 Å². The van der Waals surface area contributed by atoms with E-state index in [0.29, 0.717) is 10.0 Å². The number of aryl methyl sites for hydroxylation is 1. The molecule has 1 N–H and O–H groups in total. The summed E-state index contributed by atoms with van der Waals surface area (Å²) in [6, 6.07) is 1.60. The van der Waals surface area contributed by atoms with Crippen molar-refractivity contribution in [2.24, 2.45) is 0 Å². The Bertz CT molecular complexity index is 477. The van der Waals surface area contributed by atoms with Crippen molar-refractivity contribution in [3.05, 3.63) is 27.2 Å². The van der Waals surface area contributed by atoms with Crippen molar-refractivity contribution < 1.29 is 27.4 Å². The maximum atomic E-state index is 13.3. The van der Waals surface area contributed by atoms with Crippen LogP contribution in [-0.4, -0.2) is 24.6 Å². The van der Waals surface area contributed by atoms with E-state index in [2.05, 4.69) is 15.9 Å². The second kappa shape index (κ2) is 5.66. The van der Waals surface area contributed by atoms with Gasteiger partial charge in [0.05, 0.1) is 7.11 Å². The highest BCUT2D eigenvalue weighted by atomic mass is 79.9. The molecule has 0 radical (unpaired) electrons. The van der Waals surface area contributed by atoms with Crippen molar-refractivity contribution in [1.29, 1.82) is 0 Å². The van der Waals surface area contributed by atoms with Crippen molar-refractivity contribution in [1.82, 2.24) is 0 Å². The third-order valence-corrected chi connectivity index (χ3v) is 3.67. The number of ether oxygens (including phenoxy) is 1. The van der Waals surface area contributed by atoms with E-state index in [4.69, 9.17) is 4.74 Å². The smallest absolute Gasteiger partial charge is 0.336 e. The Labute approximate surface area is 116 Å². The van der Waals surface area contributed by atoms with Crippen molar-refractivity contribution >= 4 is 15.9 Å². The molecule has 0 aliphatic rings. The molecule has 0 spiro atoms. The van der Waals surface area contributed by atoms with Gasteiger partial charge in [0, 0.05) is 10.0 Å². The van der Waals surface area contributed by atoms with Crippen LogP contribution in [0.2, 0.25) is 0 Å². The standard InChI is InChI=1S/C12H13BrF4O2/c1-5-4-7(13)6(2)8(9(5)19-3)10(18)12(16,17)11(14)15/h4,10-11,18H,1-3H3. The lowest BCUT2D eigenvalue weighted by atomic mass is 9.95. The average Bonchev–Trinajstić information content (AvgIpc) is 2.32. The minimum absolute atomic E-state index is 0.0199. The Morgan fingerprint density at radius 3 is 2.26 bits per heavy atom. The van der Waals surface area contributed by atoms with Gasteiger partial charge in [0.25, 0.3) is 0 Å². The lowest BCUT2D eigenvalue weighted by Gasteiger charge is -2.26. The van der Waals surface area contributed by atoms with Gasteiger partial charge < -0.3 is 9.84 Å². The number of halogens is 5. The average molecular weight is 345 g/mol. The fourth-order valence-corrected chi connectivity index (χ4v) is 2.34. The molecule has 2 nitrogen and oxygen atoms in total. The highest BCUT2D eigenvalue weighted by molar-refractivity contribution is 9.10. The maximum Gasteiger partial charge on any atom is 0.336 e. The van der Waals surface area contributed by atoms with Crippen LogP contribution in [0.4, 0.5) is 17.6 Å². The van der Waals surface area contributed by atoms with Gasteiger partial charge in [-0.2, -0.15) is 8.78 Å². The van der Waals surface area contributed by atoms with E-state index in [9.17, 15) is 22.7 Å². The first-order valence-electron chi connectivity index (χ1n) is 5.32. The monoisotopic (exact) mass is 344 g/mol. The quantitative estimate of drug-likeness (QED) is 0.836. The molecule has 7 heteroatoms. The van der Waals surface area contributed by atoms with Gasteiger partial charge in [-0.3, -0.25) is 0 Å². The predicted octanol–water partition coefficient (Wildman–Crippen LogP) is 4.01. The zero-order valence-corrected chi connectivity index (χ0v) is 12.1. The molecule has 0 amide bonds. The molecular formula is C12H13BrF4O2. The van der Waals surface area contributed by atoms with Crippen LogP contribution < -0.4 is 4.74 Å². The van der Waals surface area contributed by atoms with Gasteiger partial charge in [-0.25, -0.2) is 8.78 Å². The van der Waals surface area contributed by atoms with Crippen molar-refractivity contribution in [2.75, 3.05) is 7.11 Å². The fourth-order valence-electron chi connectivity index (χ4n) is 1.79. The lowest BCUT2D eigenvalue weighted by molar-refractivity contribution is -0.194. The highest BCUT2D eigenvalue weighted by Crippen LogP contribution is 2.44. The van der Waals surface area contributed by atoms with Gasteiger partial charge >= 0.3 is 12.3 Å². The molecule has 1 atom stereocenters. The zero-order valence-electron chi connectivity index (χ0n) is 10.5. The number of aliphatic hydroxyl groups is 1. The Morgan fingerprint density at radius 2 is 1.84 bits per heavy atom. The molecule has 0 heterocycles. The third-order valence-electron chi connectivity index (χ3n) is 2.84. The van der Waals surface area contributed by atoms with Gasteiger partial charge in [0.15, 0.2) is 6.10 Å². The molecule has 0 bridgehead atoms. The molecular weight excluding hydrogens is 332 g/mol. The first kappa shape index (κ1) is 16.2. The number of hydrogen-bond acceptors (Lipinski definition) is 2. The van der Waals surface area contributed by atoms with Crippen molar-refractivity contribution in [2.45, 2.75) is 32.3 Å². The summed E-state index contributed by atoms with van der Waals surface area (Å²) in [5.74, 6) is -4.57. The summed E-state index contributed by atoms with van der Waals surface area (Å²) in [5.41, 5.74) is 0.356. The summed E-state index contributed by atoms with van der Waals surface area (Å²) in [6.45, 7) is 3.01. The normalized spacial score (nSPS) is 13.8. The number of methoxy groups -OCH3 is 1. The Kier molecular flexibility index (Phi) is 4.84. The van der Waals surface area contributed by atoms with Crippen LogP contribution in [0, 0.1) is 13.8 Å². The molecule has 0 saturated carbocycles. The fraction of sp³-hybridized carbons (Fsp3) is 0.500. The van der Waals surface area contributed by atoms with Crippen LogP contribution in [0.1, 0.15) is 22.8 Å². The summed E-state index contributed by atoms with van der Waals surface area (Å²) < 4.78 is 56.7. The zero-order chi connectivity index (χ0) is 15.0. The van der Waals surface area contributed by atoms with Crippen LogP contribution in [0.5, 0.6) is 5.75 Å². The molecule has 0 saturated heterocycles. The third kappa shape index (κ3) is 2.86. The van der Waals surface area contributed by atoms with Crippen LogP contribution in [0.3, 0.4) is 0 Å². The first-order valence-corrected chi connectivity index (χ1v) is 6.11. The minimum Gasteiger partial charge on any atom is -0.496 e. The van der Waals surface area contributed by atoms with Gasteiger partial charge in [-0.1, -0.05) is 15.9 Å². The number of hydrogen-bond donors (Lipinski definition) is 1. The number of aliphatic hydroxyl groups excluding tert-OH is 1. The predicted molar refractivity (Wildman–Crippen MR) is 66.1 cm³/mol. The van der Waals surface area contributed by atoms with Crippen LogP contribution >= 0.6 is 15.9 Å². The van der Waals surface area contributed by atoms with Crippen LogP contribution in [-0.2, 0) is 0 Å². The van der Waals surface area contributed by atoms with Crippen LogP contribution in [0.25, 0.3) is 0 Å². The van der Waals surface area contributed by atoms with Crippen LogP contribution in [0.15, 0.2) is 10.5 Å². The van der Waals surface area contributed by atoms with Crippen molar-refractivity contribution in [3.8, 4) is 5.75 Å². The number of benzene rings is 1. The SMILES string of the molecule is COc1c(C)cc(Br)c(C)c1C(O)C(F)(F)C(F)F. The van der Waals surface area contributed by atoms with E-state index < -0.39 is 18.5 Å². The number of alkyl halides is 4. The van der Waals surface area contributed by atoms with E-state index in [1.807, 2.05) is 0 Å². The van der Waals surface area contributed by atoms with E-state index in [1.54, 1.807) is 13.0 Å². The molecule has 1 unspecified atom stereocenters. The first-order chi connectivity index (χ1) is 8.64. The largest absolute Gasteiger partial charge is 0.496 e. The van der Waals surface area contributed by atoms with E-state index >= 15 is 0 Å². The van der Waals surface area contributed by atoms with E-state index in [1.165, 1.54) is 14.0 Å². The Morgan fingerprint density at radius 1 is 1.32 bits per heavy atom. The molecule has 0 fully saturated rings. The summed E-state index contributed by atoms with van der Waals surface area (Å²) in [4.78, 5) is 0. The molecule has 0 aliphatic carbocycles. The van der Waals surface area contributed by atoms with Gasteiger partial charge in [0.1, 0.15) is 5.75 Å². The molecule has 1 aromatic rings. The molecule has 0 aliphatic heterocycles. The van der Waals surface area contributed by atoms with Gasteiger partial charge in [-0.15, -0.1) is 0 Å². The Balaban J connectivity index is 3.49. The molecule has 108 valence electrons.